The van der Waals surface area contributed by atoms with Gasteiger partial charge in [0.25, 0.3) is 5.91 Å². The molecule has 0 spiro atoms. The van der Waals surface area contributed by atoms with Gasteiger partial charge in [-0.25, -0.2) is 0 Å². The maximum atomic E-state index is 11.0. The number of rotatable bonds is 3. The molecule has 17 heavy (non-hydrogen) atoms. The third-order valence-corrected chi connectivity index (χ3v) is 2.35. The van der Waals surface area contributed by atoms with Gasteiger partial charge in [-0.2, -0.15) is 4.57 Å². The molecule has 1 aromatic heterocycles. The summed E-state index contributed by atoms with van der Waals surface area (Å²) >= 11 is 0. The average Bonchev–Trinajstić information content (AvgIpc) is 2.30. The molecule has 0 atom stereocenters. The summed E-state index contributed by atoms with van der Waals surface area (Å²) in [7, 11) is 0. The molecule has 0 aliphatic carbocycles. The Morgan fingerprint density at radius 3 is 2.47 bits per heavy atom. The Kier molecular flexibility index (Phi) is 4.84. The Labute approximate surface area is 111 Å². The molecule has 88 valence electrons. The lowest BCUT2D eigenvalue weighted by Crippen LogP contribution is -2.35. The summed E-state index contributed by atoms with van der Waals surface area (Å²) in [5, 5.41) is 0. The van der Waals surface area contributed by atoms with E-state index in [1.54, 1.807) is 12.3 Å². The number of aromatic nitrogens is 1. The van der Waals surface area contributed by atoms with E-state index in [9.17, 15) is 4.79 Å². The molecular weight excluding hydrogens is 280 g/mol. The molecule has 0 radical (unpaired) electrons. The fourth-order valence-corrected chi connectivity index (χ4v) is 1.56. The fourth-order valence-electron chi connectivity index (χ4n) is 1.56. The van der Waals surface area contributed by atoms with Crippen molar-refractivity contribution in [3.05, 3.63) is 66.0 Å². The summed E-state index contributed by atoms with van der Waals surface area (Å²) in [5.74, 6) is -0.401. The zero-order valence-corrected chi connectivity index (χ0v) is 11.0. The van der Waals surface area contributed by atoms with Crippen molar-refractivity contribution in [2.45, 2.75) is 6.54 Å². The average molecular weight is 294 g/mol. The Balaban J connectivity index is 0.00000144. The summed E-state index contributed by atoms with van der Waals surface area (Å²) in [6.07, 6.45) is 3.68. The number of carbonyl (C=O) groups is 1. The van der Waals surface area contributed by atoms with Crippen molar-refractivity contribution in [2.75, 3.05) is 0 Å². The zero-order valence-electron chi connectivity index (χ0n) is 9.24. The van der Waals surface area contributed by atoms with E-state index >= 15 is 0 Å². The minimum Gasteiger partial charge on any atom is -0.365 e. The summed E-state index contributed by atoms with van der Waals surface area (Å²) in [6, 6.07) is 13.6. The predicted octanol–water partition coefficient (Wildman–Crippen LogP) is 1.70. The van der Waals surface area contributed by atoms with Gasteiger partial charge in [0.05, 0.1) is 0 Å². The molecule has 0 aliphatic rings. The van der Waals surface area contributed by atoms with Gasteiger partial charge in [-0.15, -0.1) is 17.0 Å². The van der Waals surface area contributed by atoms with Crippen LogP contribution in [0, 0.1) is 0 Å². The highest BCUT2D eigenvalue weighted by Gasteiger charge is 2.07. The van der Waals surface area contributed by atoms with E-state index in [-0.39, 0.29) is 17.0 Å². The molecule has 2 N–H and O–H groups in total. The first kappa shape index (κ1) is 13.4. The molecule has 0 saturated heterocycles. The van der Waals surface area contributed by atoms with Gasteiger partial charge in [0.2, 0.25) is 0 Å². The molecule has 0 saturated carbocycles. The topological polar surface area (TPSA) is 47.0 Å². The number of hydrogen-bond donors (Lipinski definition) is 1. The number of hydrogen-bond acceptors (Lipinski definition) is 1. The first-order chi connectivity index (χ1) is 7.75. The minimum atomic E-state index is -0.401. The highest BCUT2D eigenvalue weighted by atomic mass is 79.9. The Hall–Kier alpha value is -1.68. The van der Waals surface area contributed by atoms with Crippen LogP contribution in [-0.2, 0) is 6.54 Å². The maximum Gasteiger partial charge on any atom is 0.254 e. The normalized spacial score (nSPS) is 9.41. The second-order valence-electron chi connectivity index (χ2n) is 3.61. The SMILES string of the molecule is Br.NC(=O)c1ccc[n+](Cc2ccccc2)c1. The van der Waals surface area contributed by atoms with Gasteiger partial charge >= 0.3 is 0 Å². The number of benzene rings is 1. The van der Waals surface area contributed by atoms with Crippen molar-refractivity contribution >= 4 is 22.9 Å². The van der Waals surface area contributed by atoms with Crippen LogP contribution in [0.3, 0.4) is 0 Å². The van der Waals surface area contributed by atoms with Crippen molar-refractivity contribution < 1.29 is 9.36 Å². The van der Waals surface area contributed by atoms with E-state index in [0.29, 0.717) is 5.56 Å². The number of nitrogens with zero attached hydrogens (tertiary/aromatic N) is 1. The van der Waals surface area contributed by atoms with Gasteiger partial charge in [-0.3, -0.25) is 4.79 Å². The predicted molar refractivity (Wildman–Crippen MR) is 71.0 cm³/mol. The Morgan fingerprint density at radius 2 is 1.82 bits per heavy atom. The largest absolute Gasteiger partial charge is 0.365 e. The lowest BCUT2D eigenvalue weighted by Gasteiger charge is -1.98. The molecule has 0 unspecified atom stereocenters. The van der Waals surface area contributed by atoms with Crippen LogP contribution in [0.5, 0.6) is 0 Å². The number of halogens is 1. The fraction of sp³-hybridized carbons (Fsp3) is 0.0769. The lowest BCUT2D eigenvalue weighted by atomic mass is 10.2. The Morgan fingerprint density at radius 1 is 1.12 bits per heavy atom. The highest BCUT2D eigenvalue weighted by Crippen LogP contribution is 1.98. The monoisotopic (exact) mass is 293 g/mol. The number of nitrogens with two attached hydrogens (primary N) is 1. The first-order valence-corrected chi connectivity index (χ1v) is 5.08. The molecular formula is C13H14BrN2O+. The van der Waals surface area contributed by atoms with Gasteiger partial charge in [-0.05, 0) is 6.07 Å². The highest BCUT2D eigenvalue weighted by molar-refractivity contribution is 8.93. The summed E-state index contributed by atoms with van der Waals surface area (Å²) in [4.78, 5) is 11.0. The van der Waals surface area contributed by atoms with Crippen LogP contribution in [0.25, 0.3) is 0 Å². The van der Waals surface area contributed by atoms with Crippen LogP contribution in [0.15, 0.2) is 54.9 Å². The summed E-state index contributed by atoms with van der Waals surface area (Å²) < 4.78 is 1.94. The van der Waals surface area contributed by atoms with E-state index in [2.05, 4.69) is 0 Å². The van der Waals surface area contributed by atoms with E-state index in [1.165, 1.54) is 5.56 Å². The number of amides is 1. The van der Waals surface area contributed by atoms with E-state index < -0.39 is 5.91 Å². The van der Waals surface area contributed by atoms with Crippen LogP contribution in [0.2, 0.25) is 0 Å². The van der Waals surface area contributed by atoms with Crippen molar-refractivity contribution in [1.82, 2.24) is 0 Å². The van der Waals surface area contributed by atoms with Crippen LogP contribution < -0.4 is 10.3 Å². The summed E-state index contributed by atoms with van der Waals surface area (Å²) in [6.45, 7) is 0.738. The quantitative estimate of drug-likeness (QED) is 0.861. The molecule has 3 nitrogen and oxygen atoms in total. The van der Waals surface area contributed by atoms with Gasteiger partial charge in [0.15, 0.2) is 18.9 Å². The van der Waals surface area contributed by atoms with Crippen molar-refractivity contribution in [2.24, 2.45) is 5.73 Å². The molecule has 4 heteroatoms. The second kappa shape index (κ2) is 6.15. The molecule has 1 heterocycles. The van der Waals surface area contributed by atoms with Crippen molar-refractivity contribution in [1.29, 1.82) is 0 Å². The van der Waals surface area contributed by atoms with Crippen LogP contribution in [0.1, 0.15) is 15.9 Å². The zero-order chi connectivity index (χ0) is 11.4. The standard InChI is InChI=1S/C13H12N2O.BrH/c14-13(16)12-7-4-8-15(10-12)9-11-5-2-1-3-6-11;/h1-8,10H,9H2,(H-,14,16);1H/p+1. The maximum absolute atomic E-state index is 11.0. The minimum absolute atomic E-state index is 0. The van der Waals surface area contributed by atoms with E-state index in [0.717, 1.165) is 6.54 Å². The molecule has 0 fully saturated rings. The third kappa shape index (κ3) is 3.67. The number of primary amides is 1. The van der Waals surface area contributed by atoms with Crippen molar-refractivity contribution in [3.8, 4) is 0 Å². The first-order valence-electron chi connectivity index (χ1n) is 5.08. The van der Waals surface area contributed by atoms with Gasteiger partial charge in [-0.1, -0.05) is 30.3 Å². The molecule has 1 aromatic carbocycles. The number of pyridine rings is 1. The molecule has 2 aromatic rings. The van der Waals surface area contributed by atoms with Crippen LogP contribution in [-0.4, -0.2) is 5.91 Å². The van der Waals surface area contributed by atoms with Gasteiger partial charge < -0.3 is 5.73 Å². The third-order valence-electron chi connectivity index (χ3n) is 2.35. The number of carbonyl (C=O) groups excluding carboxylic acids is 1. The second-order valence-corrected chi connectivity index (χ2v) is 3.61. The summed E-state index contributed by atoms with van der Waals surface area (Å²) in [5.41, 5.74) is 6.94. The molecule has 1 amide bonds. The van der Waals surface area contributed by atoms with E-state index in [1.807, 2.05) is 47.2 Å². The van der Waals surface area contributed by atoms with Crippen LogP contribution in [0.4, 0.5) is 0 Å². The smallest absolute Gasteiger partial charge is 0.254 e. The molecule has 0 bridgehead atoms. The lowest BCUT2D eigenvalue weighted by molar-refractivity contribution is -0.688. The van der Waals surface area contributed by atoms with Crippen LogP contribution >= 0.6 is 17.0 Å². The van der Waals surface area contributed by atoms with Gasteiger partial charge in [0.1, 0.15) is 5.56 Å². The van der Waals surface area contributed by atoms with Gasteiger partial charge in [0, 0.05) is 11.6 Å². The Bertz CT molecular complexity index is 500. The van der Waals surface area contributed by atoms with Crippen molar-refractivity contribution in [3.63, 3.8) is 0 Å². The molecule has 0 aliphatic heterocycles. The van der Waals surface area contributed by atoms with E-state index in [4.69, 9.17) is 5.73 Å². The molecule has 2 rings (SSSR count).